The Labute approximate surface area is 210 Å². The largest absolute Gasteiger partial charge is 0.490 e. The van der Waals surface area contributed by atoms with Gasteiger partial charge >= 0.3 is 5.97 Å². The molecule has 0 saturated heterocycles. The van der Waals surface area contributed by atoms with Crippen molar-refractivity contribution in [3.8, 4) is 17.2 Å². The van der Waals surface area contributed by atoms with Crippen LogP contribution in [0, 0.1) is 6.92 Å². The zero-order valence-electron chi connectivity index (χ0n) is 20.4. The summed E-state index contributed by atoms with van der Waals surface area (Å²) in [6, 6.07) is 13.3. The molecule has 0 N–H and O–H groups in total. The number of esters is 1. The number of amidine groups is 1. The summed E-state index contributed by atoms with van der Waals surface area (Å²) in [5.74, 6) is 1.71. The first-order valence-electron chi connectivity index (χ1n) is 11.7. The summed E-state index contributed by atoms with van der Waals surface area (Å²) < 4.78 is 23.1. The van der Waals surface area contributed by atoms with E-state index in [1.165, 1.54) is 11.8 Å². The molecular weight excluding hydrogens is 464 g/mol. The van der Waals surface area contributed by atoms with Crippen LogP contribution in [-0.4, -0.2) is 42.5 Å². The summed E-state index contributed by atoms with van der Waals surface area (Å²) in [6.07, 6.45) is 1.94. The van der Waals surface area contributed by atoms with Crippen LogP contribution in [0.15, 0.2) is 70.3 Å². The van der Waals surface area contributed by atoms with Crippen molar-refractivity contribution in [2.75, 3.05) is 26.4 Å². The predicted molar refractivity (Wildman–Crippen MR) is 138 cm³/mol. The monoisotopic (exact) mass is 494 g/mol. The summed E-state index contributed by atoms with van der Waals surface area (Å²) in [7, 11) is 0. The van der Waals surface area contributed by atoms with Crippen molar-refractivity contribution in [2.24, 2.45) is 4.99 Å². The van der Waals surface area contributed by atoms with Crippen molar-refractivity contribution in [3.05, 3.63) is 76.5 Å². The number of ether oxygens (including phenoxy) is 4. The minimum absolute atomic E-state index is 0.297. The first-order chi connectivity index (χ1) is 17.0. The second-order valence-electron chi connectivity index (χ2n) is 7.93. The van der Waals surface area contributed by atoms with Crippen molar-refractivity contribution in [2.45, 2.75) is 33.7 Å². The molecule has 0 radical (unpaired) electrons. The topological polar surface area (TPSA) is 69.6 Å². The van der Waals surface area contributed by atoms with Gasteiger partial charge in [-0.1, -0.05) is 36.0 Å². The summed E-state index contributed by atoms with van der Waals surface area (Å²) in [6.45, 7) is 9.14. The Balaban J connectivity index is 1.56. The Morgan fingerprint density at radius 2 is 1.74 bits per heavy atom. The number of aryl methyl sites for hydroxylation is 1. The van der Waals surface area contributed by atoms with E-state index in [1.54, 1.807) is 6.92 Å². The molecule has 2 aliphatic rings. The van der Waals surface area contributed by atoms with Crippen molar-refractivity contribution < 1.29 is 23.7 Å². The molecule has 2 aromatic rings. The van der Waals surface area contributed by atoms with Crippen LogP contribution in [0.4, 0.5) is 0 Å². The van der Waals surface area contributed by atoms with Crippen LogP contribution in [0.1, 0.15) is 37.9 Å². The highest BCUT2D eigenvalue weighted by molar-refractivity contribution is 8.16. The molecule has 7 nitrogen and oxygen atoms in total. The number of rotatable bonds is 10. The van der Waals surface area contributed by atoms with Gasteiger partial charge in [0.1, 0.15) is 19.0 Å². The fraction of sp³-hybridized carbons (Fsp3) is 0.333. The Morgan fingerprint density at radius 1 is 0.971 bits per heavy atom. The van der Waals surface area contributed by atoms with E-state index in [1.807, 2.05) is 79.7 Å². The zero-order valence-corrected chi connectivity index (χ0v) is 21.3. The highest BCUT2D eigenvalue weighted by Crippen LogP contribution is 2.43. The number of nitrogens with zero attached hydrogens (tertiary/aromatic N) is 2. The van der Waals surface area contributed by atoms with Gasteiger partial charge in [-0.15, -0.1) is 0 Å². The molecule has 35 heavy (non-hydrogen) atoms. The lowest BCUT2D eigenvalue weighted by atomic mass is 9.94. The molecule has 1 atom stereocenters. The van der Waals surface area contributed by atoms with Gasteiger partial charge < -0.3 is 23.8 Å². The normalized spacial score (nSPS) is 16.6. The number of para-hydroxylation sites is 1. The minimum Gasteiger partial charge on any atom is -0.490 e. The fourth-order valence-corrected chi connectivity index (χ4v) is 4.79. The van der Waals surface area contributed by atoms with Crippen molar-refractivity contribution >= 4 is 22.9 Å². The second-order valence-corrected chi connectivity index (χ2v) is 8.80. The number of allylic oxidation sites excluding steroid dienone is 1. The maximum atomic E-state index is 12.9. The van der Waals surface area contributed by atoms with Crippen LogP contribution >= 0.6 is 11.8 Å². The Kier molecular flexibility index (Phi) is 8.02. The molecule has 0 spiro atoms. The van der Waals surface area contributed by atoms with Crippen LogP contribution in [0.5, 0.6) is 17.2 Å². The van der Waals surface area contributed by atoms with Gasteiger partial charge in [-0.05, 0) is 62.4 Å². The van der Waals surface area contributed by atoms with Gasteiger partial charge in [0.15, 0.2) is 16.7 Å². The van der Waals surface area contributed by atoms with Gasteiger partial charge in [0.05, 0.1) is 30.5 Å². The SMILES string of the molecule is CCOC(=O)C1=C(C)N=C2SC=CN2C1c1ccc(OCCOc2ccccc2C)c(OCC)c1. The van der Waals surface area contributed by atoms with Crippen LogP contribution in [0.25, 0.3) is 0 Å². The van der Waals surface area contributed by atoms with Gasteiger partial charge in [-0.25, -0.2) is 9.79 Å². The fourth-order valence-electron chi connectivity index (χ4n) is 4.00. The maximum absolute atomic E-state index is 12.9. The number of carbonyl (C=O) groups is 1. The Bertz CT molecular complexity index is 1170. The van der Waals surface area contributed by atoms with Gasteiger partial charge in [0.2, 0.25) is 0 Å². The van der Waals surface area contributed by atoms with E-state index in [0.717, 1.165) is 22.0 Å². The molecule has 0 fully saturated rings. The lowest BCUT2D eigenvalue weighted by molar-refractivity contribution is -0.139. The number of aliphatic imine (C=N–C) groups is 1. The molecular formula is C27H30N2O5S. The molecule has 8 heteroatoms. The van der Waals surface area contributed by atoms with Gasteiger partial charge in [0.25, 0.3) is 0 Å². The van der Waals surface area contributed by atoms with E-state index in [4.69, 9.17) is 18.9 Å². The molecule has 0 amide bonds. The number of hydrogen-bond donors (Lipinski definition) is 0. The van der Waals surface area contributed by atoms with E-state index in [-0.39, 0.29) is 12.0 Å². The molecule has 0 aliphatic carbocycles. The number of thioether (sulfide) groups is 1. The van der Waals surface area contributed by atoms with Gasteiger partial charge in [0, 0.05) is 6.20 Å². The van der Waals surface area contributed by atoms with E-state index in [2.05, 4.69) is 4.99 Å². The van der Waals surface area contributed by atoms with E-state index >= 15 is 0 Å². The quantitative estimate of drug-likeness (QED) is 0.314. The van der Waals surface area contributed by atoms with Gasteiger partial charge in [-0.3, -0.25) is 0 Å². The molecule has 0 aromatic heterocycles. The van der Waals surface area contributed by atoms with Crippen LogP contribution < -0.4 is 14.2 Å². The summed E-state index contributed by atoms with van der Waals surface area (Å²) in [5, 5.41) is 2.79. The summed E-state index contributed by atoms with van der Waals surface area (Å²) in [5.41, 5.74) is 3.14. The number of hydrogen-bond acceptors (Lipinski definition) is 8. The predicted octanol–water partition coefficient (Wildman–Crippen LogP) is 5.62. The minimum atomic E-state index is -0.370. The van der Waals surface area contributed by atoms with E-state index in [0.29, 0.717) is 49.2 Å². The Morgan fingerprint density at radius 3 is 2.49 bits per heavy atom. The molecule has 2 heterocycles. The second kappa shape index (κ2) is 11.4. The van der Waals surface area contributed by atoms with Crippen molar-refractivity contribution in [3.63, 3.8) is 0 Å². The van der Waals surface area contributed by atoms with Crippen LogP contribution in [-0.2, 0) is 9.53 Å². The summed E-state index contributed by atoms with van der Waals surface area (Å²) in [4.78, 5) is 19.5. The lowest BCUT2D eigenvalue weighted by Gasteiger charge is -2.33. The van der Waals surface area contributed by atoms with Crippen molar-refractivity contribution in [1.29, 1.82) is 0 Å². The molecule has 4 rings (SSSR count). The third kappa shape index (κ3) is 5.48. The molecule has 2 aliphatic heterocycles. The van der Waals surface area contributed by atoms with E-state index in [9.17, 15) is 4.79 Å². The Hall–Kier alpha value is -3.39. The van der Waals surface area contributed by atoms with Crippen molar-refractivity contribution in [1.82, 2.24) is 4.90 Å². The van der Waals surface area contributed by atoms with Crippen LogP contribution in [0.3, 0.4) is 0 Å². The highest BCUT2D eigenvalue weighted by atomic mass is 32.2. The lowest BCUT2D eigenvalue weighted by Crippen LogP contribution is -2.34. The highest BCUT2D eigenvalue weighted by Gasteiger charge is 2.37. The molecule has 1 unspecified atom stereocenters. The van der Waals surface area contributed by atoms with Gasteiger partial charge in [-0.2, -0.15) is 0 Å². The first-order valence-corrected chi connectivity index (χ1v) is 12.6. The standard InChI is InChI=1S/C27H30N2O5S/c1-5-31-23-17-20(11-12-22(23)34-15-14-33-21-10-8-7-9-18(21)3)25-24(26(30)32-6-2)19(4)28-27-29(25)13-16-35-27/h7-13,16-17,25H,5-6,14-15H2,1-4H3. The first kappa shape index (κ1) is 24.7. The maximum Gasteiger partial charge on any atom is 0.338 e. The number of benzene rings is 2. The zero-order chi connectivity index (χ0) is 24.8. The third-order valence-electron chi connectivity index (χ3n) is 5.59. The number of fused-ring (bicyclic) bond motifs is 1. The average molecular weight is 495 g/mol. The molecule has 2 aromatic carbocycles. The number of carbonyl (C=O) groups excluding carboxylic acids is 1. The molecule has 184 valence electrons. The smallest absolute Gasteiger partial charge is 0.338 e. The summed E-state index contributed by atoms with van der Waals surface area (Å²) >= 11 is 1.53. The van der Waals surface area contributed by atoms with Crippen LogP contribution in [0.2, 0.25) is 0 Å². The molecule has 0 bridgehead atoms. The third-order valence-corrected chi connectivity index (χ3v) is 6.36. The van der Waals surface area contributed by atoms with E-state index < -0.39 is 0 Å². The molecule has 0 saturated carbocycles. The average Bonchev–Trinajstić information content (AvgIpc) is 3.31.